The van der Waals surface area contributed by atoms with Gasteiger partial charge >= 0.3 is 5.97 Å². The standard InChI is InChI=1S/C12H12N2O4.ClH/c13-9(12(17)18)5-7-3-6-4-8(15)1-2-10(6)14-11(7)16;/h1-4,9,15H,5,13H2,(H,14,16)(H,17,18);1H. The molecule has 1 aromatic carbocycles. The zero-order chi connectivity index (χ0) is 13.3. The number of aliphatic carboxylic acids is 1. The van der Waals surface area contributed by atoms with E-state index in [0.29, 0.717) is 10.9 Å². The Morgan fingerprint density at radius 1 is 1.37 bits per heavy atom. The molecule has 2 rings (SSSR count). The smallest absolute Gasteiger partial charge is 0.320 e. The lowest BCUT2D eigenvalue weighted by atomic mass is 10.1. The summed E-state index contributed by atoms with van der Waals surface area (Å²) in [4.78, 5) is 25.0. The second kappa shape index (κ2) is 5.73. The van der Waals surface area contributed by atoms with Gasteiger partial charge in [-0.1, -0.05) is 0 Å². The average molecular weight is 285 g/mol. The van der Waals surface area contributed by atoms with Gasteiger partial charge < -0.3 is 20.9 Å². The highest BCUT2D eigenvalue weighted by Gasteiger charge is 2.14. The van der Waals surface area contributed by atoms with E-state index in [0.717, 1.165) is 0 Å². The SMILES string of the molecule is Cl.NC(Cc1cc2cc(O)ccc2[nH]c1=O)C(=O)O. The normalized spacial score (nSPS) is 11.8. The average Bonchev–Trinajstić information content (AvgIpc) is 2.30. The van der Waals surface area contributed by atoms with Gasteiger partial charge in [-0.05, 0) is 24.3 Å². The number of nitrogens with two attached hydrogens (primary N) is 1. The molecule has 19 heavy (non-hydrogen) atoms. The fraction of sp³-hybridized carbons (Fsp3) is 0.167. The Hall–Kier alpha value is -2.05. The third-order valence-corrected chi connectivity index (χ3v) is 2.66. The summed E-state index contributed by atoms with van der Waals surface area (Å²) in [7, 11) is 0. The van der Waals surface area contributed by atoms with Gasteiger partial charge in [0.15, 0.2) is 0 Å². The van der Waals surface area contributed by atoms with Gasteiger partial charge in [0, 0.05) is 22.9 Å². The Kier molecular flexibility index (Phi) is 4.52. The summed E-state index contributed by atoms with van der Waals surface area (Å²) in [6, 6.07) is 4.94. The molecule has 0 saturated heterocycles. The number of phenols is 1. The molecule has 0 aliphatic carbocycles. The number of carboxylic acid groups (broad SMARTS) is 1. The van der Waals surface area contributed by atoms with E-state index in [9.17, 15) is 14.7 Å². The summed E-state index contributed by atoms with van der Waals surface area (Å²) in [5.74, 6) is -1.09. The van der Waals surface area contributed by atoms with Gasteiger partial charge in [-0.2, -0.15) is 0 Å². The highest BCUT2D eigenvalue weighted by Crippen LogP contribution is 2.17. The number of hydrogen-bond donors (Lipinski definition) is 4. The molecule has 0 aliphatic rings. The molecule has 0 fully saturated rings. The number of aromatic amines is 1. The van der Waals surface area contributed by atoms with Crippen molar-refractivity contribution in [1.82, 2.24) is 4.98 Å². The van der Waals surface area contributed by atoms with E-state index in [1.54, 1.807) is 6.07 Å². The predicted molar refractivity (Wildman–Crippen MR) is 72.8 cm³/mol. The van der Waals surface area contributed by atoms with E-state index >= 15 is 0 Å². The molecule has 0 aliphatic heterocycles. The minimum Gasteiger partial charge on any atom is -0.508 e. The van der Waals surface area contributed by atoms with Crippen molar-refractivity contribution < 1.29 is 15.0 Å². The third-order valence-electron chi connectivity index (χ3n) is 2.66. The van der Waals surface area contributed by atoms with Crippen LogP contribution in [0.5, 0.6) is 5.75 Å². The molecular weight excluding hydrogens is 272 g/mol. The summed E-state index contributed by atoms with van der Waals surface area (Å²) in [6.07, 6.45) is -0.0593. The van der Waals surface area contributed by atoms with Gasteiger partial charge in [0.05, 0.1) is 0 Å². The fourth-order valence-corrected chi connectivity index (χ4v) is 1.72. The Morgan fingerprint density at radius 2 is 2.05 bits per heavy atom. The van der Waals surface area contributed by atoms with E-state index in [1.807, 2.05) is 0 Å². The topological polar surface area (TPSA) is 116 Å². The number of phenolic OH excluding ortho intramolecular Hbond substituents is 1. The quantitative estimate of drug-likeness (QED) is 0.659. The lowest BCUT2D eigenvalue weighted by Gasteiger charge is -2.07. The van der Waals surface area contributed by atoms with Crippen molar-refractivity contribution in [2.75, 3.05) is 0 Å². The highest BCUT2D eigenvalue weighted by atomic mass is 35.5. The molecule has 0 amide bonds. The Bertz CT molecular complexity index is 668. The van der Waals surface area contributed by atoms with Crippen molar-refractivity contribution in [3.05, 3.63) is 40.2 Å². The van der Waals surface area contributed by atoms with Crippen molar-refractivity contribution in [1.29, 1.82) is 0 Å². The summed E-state index contributed by atoms with van der Waals surface area (Å²) < 4.78 is 0. The van der Waals surface area contributed by atoms with Crippen molar-refractivity contribution in [2.24, 2.45) is 5.73 Å². The zero-order valence-corrected chi connectivity index (χ0v) is 10.6. The molecule has 2 aromatic rings. The molecule has 102 valence electrons. The van der Waals surface area contributed by atoms with Gasteiger partial charge in [0.1, 0.15) is 11.8 Å². The van der Waals surface area contributed by atoms with E-state index in [2.05, 4.69) is 4.98 Å². The van der Waals surface area contributed by atoms with Crippen molar-refractivity contribution >= 4 is 29.3 Å². The number of rotatable bonds is 3. The summed E-state index contributed by atoms with van der Waals surface area (Å²) >= 11 is 0. The molecule has 1 aromatic heterocycles. The molecule has 0 radical (unpaired) electrons. The number of fused-ring (bicyclic) bond motifs is 1. The van der Waals surface area contributed by atoms with E-state index in [-0.39, 0.29) is 35.7 Å². The number of nitrogens with one attached hydrogen (secondary N) is 1. The lowest BCUT2D eigenvalue weighted by molar-refractivity contribution is -0.138. The zero-order valence-electron chi connectivity index (χ0n) is 9.79. The van der Waals surface area contributed by atoms with E-state index in [4.69, 9.17) is 10.8 Å². The second-order valence-corrected chi connectivity index (χ2v) is 4.04. The number of hydrogen-bond acceptors (Lipinski definition) is 4. The number of aromatic hydroxyl groups is 1. The Labute approximate surface area is 114 Å². The minimum atomic E-state index is -1.16. The molecule has 0 saturated carbocycles. The van der Waals surface area contributed by atoms with Gasteiger partial charge in [0.25, 0.3) is 5.56 Å². The molecule has 6 nitrogen and oxygen atoms in total. The van der Waals surface area contributed by atoms with Gasteiger partial charge in [0.2, 0.25) is 0 Å². The number of carbonyl (C=O) groups is 1. The summed E-state index contributed by atoms with van der Waals surface area (Å²) in [5, 5.41) is 18.7. The molecule has 7 heteroatoms. The van der Waals surface area contributed by atoms with Gasteiger partial charge in [-0.25, -0.2) is 0 Å². The highest BCUT2D eigenvalue weighted by molar-refractivity contribution is 5.85. The van der Waals surface area contributed by atoms with E-state index < -0.39 is 12.0 Å². The molecule has 0 bridgehead atoms. The van der Waals surface area contributed by atoms with Crippen LogP contribution < -0.4 is 11.3 Å². The van der Waals surface area contributed by atoms with Crippen LogP contribution in [-0.4, -0.2) is 27.2 Å². The minimum absolute atomic E-state index is 0. The number of pyridine rings is 1. The first kappa shape index (κ1) is 15.0. The van der Waals surface area contributed by atoms with Crippen LogP contribution in [-0.2, 0) is 11.2 Å². The van der Waals surface area contributed by atoms with Crippen molar-refractivity contribution in [3.8, 4) is 5.75 Å². The number of benzene rings is 1. The monoisotopic (exact) mass is 284 g/mol. The van der Waals surface area contributed by atoms with Gasteiger partial charge in [-0.15, -0.1) is 12.4 Å². The van der Waals surface area contributed by atoms with Crippen LogP contribution in [0.4, 0.5) is 0 Å². The predicted octanol–water partition coefficient (Wildman–Crippen LogP) is 0.610. The maximum absolute atomic E-state index is 11.7. The molecule has 1 unspecified atom stereocenters. The largest absolute Gasteiger partial charge is 0.508 e. The Morgan fingerprint density at radius 3 is 2.68 bits per heavy atom. The van der Waals surface area contributed by atoms with Crippen LogP contribution in [0.1, 0.15) is 5.56 Å². The van der Waals surface area contributed by atoms with Crippen LogP contribution in [0, 0.1) is 0 Å². The lowest BCUT2D eigenvalue weighted by Crippen LogP contribution is -2.34. The van der Waals surface area contributed by atoms with Crippen LogP contribution in [0.25, 0.3) is 10.9 Å². The van der Waals surface area contributed by atoms with Crippen molar-refractivity contribution in [3.63, 3.8) is 0 Å². The molecule has 0 spiro atoms. The molecule has 1 atom stereocenters. The first-order chi connectivity index (χ1) is 8.47. The first-order valence-corrected chi connectivity index (χ1v) is 5.30. The number of aromatic nitrogens is 1. The van der Waals surface area contributed by atoms with Crippen molar-refractivity contribution in [2.45, 2.75) is 12.5 Å². The molecular formula is C12H13ClN2O4. The van der Waals surface area contributed by atoms with Crippen LogP contribution in [0.2, 0.25) is 0 Å². The maximum Gasteiger partial charge on any atom is 0.320 e. The fourth-order valence-electron chi connectivity index (χ4n) is 1.72. The third kappa shape index (κ3) is 3.24. The number of carboxylic acids is 1. The Balaban J connectivity index is 0.00000180. The first-order valence-electron chi connectivity index (χ1n) is 5.30. The van der Waals surface area contributed by atoms with Crippen LogP contribution in [0.3, 0.4) is 0 Å². The summed E-state index contributed by atoms with van der Waals surface area (Å²) in [5.41, 5.74) is 5.87. The van der Waals surface area contributed by atoms with Crippen LogP contribution >= 0.6 is 12.4 Å². The number of halogens is 1. The van der Waals surface area contributed by atoms with E-state index in [1.165, 1.54) is 18.2 Å². The van der Waals surface area contributed by atoms with Crippen LogP contribution in [0.15, 0.2) is 29.1 Å². The van der Waals surface area contributed by atoms with Gasteiger partial charge in [-0.3, -0.25) is 9.59 Å². The summed E-state index contributed by atoms with van der Waals surface area (Å²) in [6.45, 7) is 0. The molecule has 1 heterocycles. The second-order valence-electron chi connectivity index (χ2n) is 4.04. The maximum atomic E-state index is 11.7. The molecule has 5 N–H and O–H groups in total. The number of H-pyrrole nitrogens is 1.